The zero-order chi connectivity index (χ0) is 13.9. The molecule has 0 saturated heterocycles. The molecule has 0 radical (unpaired) electrons. The van der Waals surface area contributed by atoms with Gasteiger partial charge in [0.15, 0.2) is 11.5 Å². The number of alkyl halides is 3. The van der Waals surface area contributed by atoms with E-state index in [1.807, 2.05) is 0 Å². The molecule has 2 rings (SSSR count). The number of hydrogen-bond donors (Lipinski definition) is 0. The van der Waals surface area contributed by atoms with E-state index in [-0.39, 0.29) is 11.4 Å². The molecular formula is C13H10F3NO2. The van der Waals surface area contributed by atoms with Crippen molar-refractivity contribution in [3.63, 3.8) is 0 Å². The lowest BCUT2D eigenvalue weighted by Crippen LogP contribution is -2.23. The van der Waals surface area contributed by atoms with Crippen LogP contribution in [0.15, 0.2) is 52.1 Å². The van der Waals surface area contributed by atoms with Gasteiger partial charge >= 0.3 is 6.18 Å². The summed E-state index contributed by atoms with van der Waals surface area (Å²) in [6, 6.07) is 8.55. The van der Waals surface area contributed by atoms with E-state index in [9.17, 15) is 13.2 Å². The van der Waals surface area contributed by atoms with Crippen LogP contribution in [0.1, 0.15) is 5.76 Å². The molecule has 0 atom stereocenters. The highest BCUT2D eigenvalue weighted by Crippen LogP contribution is 2.27. The first kappa shape index (κ1) is 13.2. The maximum atomic E-state index is 12.9. The molecule has 1 aromatic heterocycles. The minimum absolute atomic E-state index is 0.171. The molecule has 0 unspecified atom stereocenters. The highest BCUT2D eigenvalue weighted by molar-refractivity contribution is 6.03. The first-order valence-corrected chi connectivity index (χ1v) is 5.34. The highest BCUT2D eigenvalue weighted by Gasteiger charge is 2.38. The number of methoxy groups -OCH3 is 1. The van der Waals surface area contributed by atoms with Crippen molar-refractivity contribution in [2.45, 2.75) is 6.18 Å². The minimum Gasteiger partial charge on any atom is -0.497 e. The number of aliphatic imine (C=N–C) groups is 1. The third-order valence-electron chi connectivity index (χ3n) is 2.34. The van der Waals surface area contributed by atoms with Crippen LogP contribution in [0.25, 0.3) is 0 Å². The Morgan fingerprint density at radius 1 is 1.16 bits per heavy atom. The average Bonchev–Trinajstić information content (AvgIpc) is 2.88. The van der Waals surface area contributed by atoms with Crippen LogP contribution in [0.3, 0.4) is 0 Å². The van der Waals surface area contributed by atoms with Crippen molar-refractivity contribution >= 4 is 11.4 Å². The summed E-state index contributed by atoms with van der Waals surface area (Å²) in [7, 11) is 1.47. The molecule has 1 heterocycles. The van der Waals surface area contributed by atoms with Gasteiger partial charge in [0.1, 0.15) is 5.75 Å². The summed E-state index contributed by atoms with van der Waals surface area (Å²) in [5.41, 5.74) is -0.896. The maximum absolute atomic E-state index is 12.9. The van der Waals surface area contributed by atoms with Gasteiger partial charge in [0, 0.05) is 0 Å². The first-order valence-electron chi connectivity index (χ1n) is 5.34. The number of halogens is 3. The standard InChI is InChI=1S/C13H10F3NO2/c1-18-10-6-4-9(5-7-10)17-12(13(14,15)16)11-3-2-8-19-11/h2-8H,1H3. The van der Waals surface area contributed by atoms with E-state index in [1.54, 1.807) is 0 Å². The quantitative estimate of drug-likeness (QED) is 0.790. The lowest BCUT2D eigenvalue weighted by molar-refractivity contribution is -0.0588. The van der Waals surface area contributed by atoms with Crippen molar-refractivity contribution in [1.29, 1.82) is 0 Å². The van der Waals surface area contributed by atoms with Crippen LogP contribution in [0.2, 0.25) is 0 Å². The van der Waals surface area contributed by atoms with Crippen LogP contribution in [0, 0.1) is 0 Å². The zero-order valence-corrected chi connectivity index (χ0v) is 9.94. The Bertz CT molecular complexity index is 557. The third kappa shape index (κ3) is 3.15. The Labute approximate surface area is 107 Å². The van der Waals surface area contributed by atoms with Gasteiger partial charge in [0.2, 0.25) is 0 Å². The second-order valence-corrected chi connectivity index (χ2v) is 3.63. The summed E-state index contributed by atoms with van der Waals surface area (Å²) in [6.07, 6.45) is -3.41. The van der Waals surface area contributed by atoms with E-state index in [2.05, 4.69) is 4.99 Å². The number of nitrogens with zero attached hydrogens (tertiary/aromatic N) is 1. The van der Waals surface area contributed by atoms with E-state index in [4.69, 9.17) is 9.15 Å². The molecule has 2 aromatic rings. The first-order chi connectivity index (χ1) is 9.00. The van der Waals surface area contributed by atoms with E-state index in [1.165, 1.54) is 49.8 Å². The van der Waals surface area contributed by atoms with Gasteiger partial charge < -0.3 is 9.15 Å². The Hall–Kier alpha value is -2.24. The summed E-state index contributed by atoms with van der Waals surface area (Å²) in [4.78, 5) is 3.59. The summed E-state index contributed by atoms with van der Waals surface area (Å²) in [6.45, 7) is 0. The predicted molar refractivity (Wildman–Crippen MR) is 64.0 cm³/mol. The SMILES string of the molecule is COc1ccc(N=C(c2ccco2)C(F)(F)F)cc1. The Morgan fingerprint density at radius 2 is 1.84 bits per heavy atom. The summed E-state index contributed by atoms with van der Waals surface area (Å²) >= 11 is 0. The molecule has 100 valence electrons. The molecule has 0 aliphatic heterocycles. The van der Waals surface area contributed by atoms with Crippen LogP contribution in [-0.4, -0.2) is 19.0 Å². The monoisotopic (exact) mass is 269 g/mol. The molecule has 0 fully saturated rings. The molecule has 19 heavy (non-hydrogen) atoms. The van der Waals surface area contributed by atoms with Crippen LogP contribution >= 0.6 is 0 Å². The van der Waals surface area contributed by atoms with Crippen molar-refractivity contribution in [3.8, 4) is 5.75 Å². The second kappa shape index (κ2) is 5.17. The molecule has 6 heteroatoms. The number of furan rings is 1. The fourth-order valence-electron chi connectivity index (χ4n) is 1.46. The lowest BCUT2D eigenvalue weighted by Gasteiger charge is -2.08. The van der Waals surface area contributed by atoms with Crippen molar-refractivity contribution in [1.82, 2.24) is 0 Å². The molecule has 0 saturated carbocycles. The molecular weight excluding hydrogens is 259 g/mol. The van der Waals surface area contributed by atoms with Gasteiger partial charge in [-0.15, -0.1) is 0 Å². The van der Waals surface area contributed by atoms with Crippen molar-refractivity contribution in [2.24, 2.45) is 4.99 Å². The van der Waals surface area contributed by atoms with Crippen molar-refractivity contribution in [2.75, 3.05) is 7.11 Å². The van der Waals surface area contributed by atoms with Gasteiger partial charge in [0.25, 0.3) is 0 Å². The van der Waals surface area contributed by atoms with Gasteiger partial charge in [-0.3, -0.25) is 0 Å². The van der Waals surface area contributed by atoms with Crippen LogP contribution in [0.5, 0.6) is 5.75 Å². The third-order valence-corrected chi connectivity index (χ3v) is 2.34. The number of rotatable bonds is 3. The molecule has 1 aromatic carbocycles. The van der Waals surface area contributed by atoms with Gasteiger partial charge in [-0.05, 0) is 36.4 Å². The largest absolute Gasteiger partial charge is 0.497 e. The highest BCUT2D eigenvalue weighted by atomic mass is 19.4. The number of ether oxygens (including phenoxy) is 1. The Morgan fingerprint density at radius 3 is 2.32 bits per heavy atom. The molecule has 0 bridgehead atoms. The average molecular weight is 269 g/mol. The Balaban J connectivity index is 2.40. The van der Waals surface area contributed by atoms with Crippen LogP contribution in [-0.2, 0) is 0 Å². The van der Waals surface area contributed by atoms with E-state index in [0.717, 1.165) is 0 Å². The lowest BCUT2D eigenvalue weighted by atomic mass is 10.2. The summed E-state index contributed by atoms with van der Waals surface area (Å²) in [5.74, 6) is 0.230. The van der Waals surface area contributed by atoms with E-state index >= 15 is 0 Å². The van der Waals surface area contributed by atoms with Crippen molar-refractivity contribution < 1.29 is 22.3 Å². The zero-order valence-electron chi connectivity index (χ0n) is 9.94. The predicted octanol–water partition coefficient (Wildman–Crippen LogP) is 3.97. The summed E-state index contributed by atoms with van der Waals surface area (Å²) in [5, 5.41) is 0. The second-order valence-electron chi connectivity index (χ2n) is 3.63. The van der Waals surface area contributed by atoms with Gasteiger partial charge in [0.05, 0.1) is 19.1 Å². The van der Waals surface area contributed by atoms with Gasteiger partial charge in [-0.1, -0.05) is 0 Å². The van der Waals surface area contributed by atoms with E-state index in [0.29, 0.717) is 5.75 Å². The van der Waals surface area contributed by atoms with Crippen LogP contribution < -0.4 is 4.74 Å². The smallest absolute Gasteiger partial charge is 0.437 e. The van der Waals surface area contributed by atoms with E-state index < -0.39 is 11.9 Å². The van der Waals surface area contributed by atoms with Crippen LogP contribution in [0.4, 0.5) is 18.9 Å². The molecule has 0 spiro atoms. The minimum atomic E-state index is -4.59. The number of benzene rings is 1. The molecule has 3 nitrogen and oxygen atoms in total. The molecule has 0 amide bonds. The van der Waals surface area contributed by atoms with Gasteiger partial charge in [-0.2, -0.15) is 13.2 Å². The Kier molecular flexibility index (Phi) is 3.59. The molecule has 0 N–H and O–H groups in total. The van der Waals surface area contributed by atoms with Crippen molar-refractivity contribution in [3.05, 3.63) is 48.4 Å². The topological polar surface area (TPSA) is 34.7 Å². The molecule has 0 aliphatic carbocycles. The molecule has 0 aliphatic rings. The normalized spacial score (nSPS) is 12.5. The summed E-state index contributed by atoms with van der Waals surface area (Å²) < 4.78 is 48.4. The maximum Gasteiger partial charge on any atom is 0.437 e. The number of hydrogen-bond acceptors (Lipinski definition) is 3. The fraction of sp³-hybridized carbons (Fsp3) is 0.154. The fourth-order valence-corrected chi connectivity index (χ4v) is 1.46. The van der Waals surface area contributed by atoms with Gasteiger partial charge in [-0.25, -0.2) is 4.99 Å².